The largest absolute Gasteiger partial charge is 0.493 e. The lowest BCUT2D eigenvalue weighted by Gasteiger charge is -2.13. The van der Waals surface area contributed by atoms with Gasteiger partial charge in [0.1, 0.15) is 12.3 Å². The molecule has 1 aliphatic heterocycles. The van der Waals surface area contributed by atoms with Crippen LogP contribution in [-0.2, 0) is 11.4 Å². The van der Waals surface area contributed by atoms with Gasteiger partial charge in [0.2, 0.25) is 0 Å². The van der Waals surface area contributed by atoms with Crippen molar-refractivity contribution in [3.63, 3.8) is 0 Å². The van der Waals surface area contributed by atoms with Gasteiger partial charge in [0.05, 0.1) is 12.1 Å². The van der Waals surface area contributed by atoms with Gasteiger partial charge in [0.15, 0.2) is 11.5 Å². The molecule has 0 radical (unpaired) electrons. The number of nitrogens with one attached hydrogen (secondary N) is 1. The molecule has 0 saturated carbocycles. The van der Waals surface area contributed by atoms with Crippen LogP contribution in [0, 0.1) is 3.57 Å². The molecule has 146 valence electrons. The number of imide groups is 1. The molecular formula is C20H18ClIN2O4. The third-order valence-corrected chi connectivity index (χ3v) is 5.14. The lowest BCUT2D eigenvalue weighted by molar-refractivity contribution is -0.122. The lowest BCUT2D eigenvalue weighted by atomic mass is 10.1. The minimum Gasteiger partial charge on any atom is -0.493 e. The number of benzene rings is 2. The van der Waals surface area contributed by atoms with E-state index >= 15 is 0 Å². The van der Waals surface area contributed by atoms with Crippen LogP contribution in [0.3, 0.4) is 0 Å². The van der Waals surface area contributed by atoms with Crippen LogP contribution < -0.4 is 14.8 Å². The van der Waals surface area contributed by atoms with Gasteiger partial charge in [-0.25, -0.2) is 4.79 Å². The predicted octanol–water partition coefficient (Wildman–Crippen LogP) is 4.44. The summed E-state index contributed by atoms with van der Waals surface area (Å²) < 4.78 is 12.4. The molecule has 0 bridgehead atoms. The van der Waals surface area contributed by atoms with Gasteiger partial charge in [0, 0.05) is 10.1 Å². The number of hydrogen-bond donors (Lipinski definition) is 1. The van der Waals surface area contributed by atoms with Crippen molar-refractivity contribution >= 4 is 52.2 Å². The van der Waals surface area contributed by atoms with E-state index in [0.717, 1.165) is 14.0 Å². The molecule has 1 fully saturated rings. The Balaban J connectivity index is 1.83. The topological polar surface area (TPSA) is 67.9 Å². The molecule has 1 aliphatic rings. The average Bonchev–Trinajstić information content (AvgIpc) is 2.94. The summed E-state index contributed by atoms with van der Waals surface area (Å²) in [4.78, 5) is 25.1. The minimum absolute atomic E-state index is 0.192. The van der Waals surface area contributed by atoms with Gasteiger partial charge in [0.25, 0.3) is 5.91 Å². The maximum absolute atomic E-state index is 12.2. The summed E-state index contributed by atoms with van der Waals surface area (Å²) in [5.74, 6) is 0.484. The van der Waals surface area contributed by atoms with Gasteiger partial charge in [-0.2, -0.15) is 0 Å². The Labute approximate surface area is 181 Å². The molecule has 0 atom stereocenters. The molecule has 8 heteroatoms. The molecule has 3 rings (SSSR count). The fourth-order valence-corrected chi connectivity index (χ4v) is 3.36. The highest BCUT2D eigenvalue weighted by Crippen LogP contribution is 2.37. The number of halogens is 2. The number of ether oxygens (including phenoxy) is 2. The number of hydrogen-bond acceptors (Lipinski definition) is 4. The van der Waals surface area contributed by atoms with Gasteiger partial charge >= 0.3 is 6.03 Å². The van der Waals surface area contributed by atoms with Crippen molar-refractivity contribution in [3.05, 3.63) is 61.8 Å². The highest BCUT2D eigenvalue weighted by atomic mass is 127. The second-order valence-electron chi connectivity index (χ2n) is 5.99. The second kappa shape index (κ2) is 8.83. The Morgan fingerprint density at radius 3 is 2.54 bits per heavy atom. The first-order chi connectivity index (χ1) is 13.4. The number of nitrogens with zero attached hydrogens (tertiary/aromatic N) is 1. The average molecular weight is 513 g/mol. The number of methoxy groups -OCH3 is 1. The van der Waals surface area contributed by atoms with Crippen LogP contribution in [0.25, 0.3) is 6.08 Å². The van der Waals surface area contributed by atoms with Crippen LogP contribution in [0.1, 0.15) is 18.1 Å². The van der Waals surface area contributed by atoms with Crippen LogP contribution in [0.15, 0.2) is 42.1 Å². The molecular weight excluding hydrogens is 495 g/mol. The van der Waals surface area contributed by atoms with Gasteiger partial charge in [-0.1, -0.05) is 23.7 Å². The zero-order chi connectivity index (χ0) is 20.3. The summed E-state index contributed by atoms with van der Waals surface area (Å²) in [6.07, 6.45) is 1.56. The van der Waals surface area contributed by atoms with Crippen molar-refractivity contribution in [1.82, 2.24) is 10.2 Å². The SMILES string of the molecule is CCN1C(=O)N/C(=C/c2cc(Cl)c(OCc3ccc(I)cc3)c(OC)c2)C1=O. The molecule has 6 nitrogen and oxygen atoms in total. The standard InChI is InChI=1S/C20H18ClIN2O4/c1-3-24-19(25)16(23-20(24)26)9-13-8-15(21)18(17(10-13)27-2)28-11-12-4-6-14(22)7-5-12/h4-10H,3,11H2,1-2H3,(H,23,26)/b16-9+. The summed E-state index contributed by atoms with van der Waals surface area (Å²) in [6.45, 7) is 2.38. The van der Waals surface area contributed by atoms with E-state index in [1.807, 2.05) is 24.3 Å². The van der Waals surface area contributed by atoms with Crippen LogP contribution in [0.4, 0.5) is 4.79 Å². The number of rotatable bonds is 6. The van der Waals surface area contributed by atoms with E-state index in [4.69, 9.17) is 21.1 Å². The first kappa shape index (κ1) is 20.5. The normalized spacial score (nSPS) is 15.1. The van der Waals surface area contributed by atoms with E-state index in [2.05, 4.69) is 27.9 Å². The number of carbonyl (C=O) groups excluding carboxylic acids is 2. The van der Waals surface area contributed by atoms with Crippen LogP contribution in [0.5, 0.6) is 11.5 Å². The van der Waals surface area contributed by atoms with Gasteiger partial charge in [-0.15, -0.1) is 0 Å². The maximum atomic E-state index is 12.2. The molecule has 0 spiro atoms. The zero-order valence-electron chi connectivity index (χ0n) is 15.3. The highest BCUT2D eigenvalue weighted by molar-refractivity contribution is 14.1. The number of likely N-dealkylation sites (N-methyl/N-ethyl adjacent to an activating group) is 1. The highest BCUT2D eigenvalue weighted by Gasteiger charge is 2.32. The Morgan fingerprint density at radius 1 is 1.21 bits per heavy atom. The smallest absolute Gasteiger partial charge is 0.328 e. The Bertz CT molecular complexity index is 944. The van der Waals surface area contributed by atoms with Crippen LogP contribution in [-0.4, -0.2) is 30.5 Å². The van der Waals surface area contributed by atoms with Crippen LogP contribution in [0.2, 0.25) is 5.02 Å². The Hall–Kier alpha value is -2.26. The van der Waals surface area contributed by atoms with E-state index in [-0.39, 0.29) is 11.6 Å². The Morgan fingerprint density at radius 2 is 1.93 bits per heavy atom. The molecule has 0 aromatic heterocycles. The monoisotopic (exact) mass is 512 g/mol. The van der Waals surface area contributed by atoms with Crippen LogP contribution >= 0.6 is 34.2 Å². The summed E-state index contributed by atoms with van der Waals surface area (Å²) >= 11 is 8.64. The number of urea groups is 1. The molecule has 1 heterocycles. The molecule has 2 aromatic rings. The molecule has 3 amide bonds. The second-order valence-corrected chi connectivity index (χ2v) is 7.64. The predicted molar refractivity (Wildman–Crippen MR) is 115 cm³/mol. The zero-order valence-corrected chi connectivity index (χ0v) is 18.2. The minimum atomic E-state index is -0.436. The van der Waals surface area contributed by atoms with Crippen molar-refractivity contribution in [1.29, 1.82) is 0 Å². The van der Waals surface area contributed by atoms with E-state index in [9.17, 15) is 9.59 Å². The van der Waals surface area contributed by atoms with E-state index in [1.54, 1.807) is 25.1 Å². The van der Waals surface area contributed by atoms with Crippen molar-refractivity contribution in [2.75, 3.05) is 13.7 Å². The molecule has 28 heavy (non-hydrogen) atoms. The summed E-state index contributed by atoms with van der Waals surface area (Å²) in [5, 5.41) is 2.91. The first-order valence-electron chi connectivity index (χ1n) is 8.52. The van der Waals surface area contributed by atoms with Crippen molar-refractivity contribution < 1.29 is 19.1 Å². The molecule has 2 aromatic carbocycles. The van der Waals surface area contributed by atoms with E-state index in [1.165, 1.54) is 7.11 Å². The summed E-state index contributed by atoms with van der Waals surface area (Å²) in [7, 11) is 1.52. The third kappa shape index (κ3) is 4.41. The maximum Gasteiger partial charge on any atom is 0.328 e. The van der Waals surface area contributed by atoms with Crippen molar-refractivity contribution in [3.8, 4) is 11.5 Å². The summed E-state index contributed by atoms with van der Waals surface area (Å²) in [6, 6.07) is 10.9. The van der Waals surface area contributed by atoms with Gasteiger partial charge in [-0.05, 0) is 71.0 Å². The van der Waals surface area contributed by atoms with Gasteiger partial charge < -0.3 is 14.8 Å². The fourth-order valence-electron chi connectivity index (χ4n) is 2.72. The number of amides is 3. The molecule has 0 unspecified atom stereocenters. The van der Waals surface area contributed by atoms with Gasteiger partial charge in [-0.3, -0.25) is 9.69 Å². The lowest BCUT2D eigenvalue weighted by Crippen LogP contribution is -2.30. The van der Waals surface area contributed by atoms with E-state index < -0.39 is 6.03 Å². The Kier molecular flexibility index (Phi) is 6.46. The molecule has 1 N–H and O–H groups in total. The quantitative estimate of drug-likeness (QED) is 0.353. The molecule has 1 saturated heterocycles. The first-order valence-corrected chi connectivity index (χ1v) is 9.98. The van der Waals surface area contributed by atoms with Crippen molar-refractivity contribution in [2.24, 2.45) is 0 Å². The molecule has 0 aliphatic carbocycles. The van der Waals surface area contributed by atoms with Crippen molar-refractivity contribution in [2.45, 2.75) is 13.5 Å². The third-order valence-electron chi connectivity index (χ3n) is 4.14. The van der Waals surface area contributed by atoms with E-state index in [0.29, 0.717) is 35.2 Å². The summed E-state index contributed by atoms with van der Waals surface area (Å²) in [5.41, 5.74) is 1.81. The number of carbonyl (C=O) groups is 2. The fraction of sp³-hybridized carbons (Fsp3) is 0.200.